The lowest BCUT2D eigenvalue weighted by atomic mass is 9.46. The van der Waals surface area contributed by atoms with Crippen LogP contribution in [0.1, 0.15) is 46.0 Å². The molecule has 0 unspecified atom stereocenters. The van der Waals surface area contributed by atoms with Crippen LogP contribution in [0, 0.1) is 28.6 Å². The van der Waals surface area contributed by atoms with Gasteiger partial charge in [-0.3, -0.25) is 4.79 Å². The van der Waals surface area contributed by atoms with Crippen LogP contribution in [0.25, 0.3) is 0 Å². The lowest BCUT2D eigenvalue weighted by Crippen LogP contribution is -2.60. The molecule has 0 saturated heterocycles. The van der Waals surface area contributed by atoms with Crippen LogP contribution in [0.4, 0.5) is 0 Å². The number of hydrogen-bond acceptors (Lipinski definition) is 4. The van der Waals surface area contributed by atoms with E-state index in [-0.39, 0.29) is 29.0 Å². The zero-order valence-corrected chi connectivity index (χ0v) is 18.4. The number of fused-ring (bicyclic) bond motifs is 5. The second kappa shape index (κ2) is 6.91. The molecule has 1 aromatic carbocycles. The van der Waals surface area contributed by atoms with Crippen LogP contribution in [0.5, 0.6) is 5.75 Å². The van der Waals surface area contributed by atoms with Crippen molar-refractivity contribution in [2.24, 2.45) is 28.6 Å². The van der Waals surface area contributed by atoms with E-state index < -0.39 is 17.1 Å². The molecule has 4 aliphatic rings. The highest BCUT2D eigenvalue weighted by Gasteiger charge is 2.67. The van der Waals surface area contributed by atoms with E-state index in [1.165, 1.54) is 0 Å². The van der Waals surface area contributed by atoms with E-state index in [4.69, 9.17) is 4.74 Å². The van der Waals surface area contributed by atoms with E-state index in [0.29, 0.717) is 24.4 Å². The molecule has 0 bridgehead atoms. The average molecular weight is 421 g/mol. The molecule has 0 heterocycles. The molecular formula is C27H32O4. The summed E-state index contributed by atoms with van der Waals surface area (Å²) < 4.78 is 6.02. The third-order valence-electron chi connectivity index (χ3n) is 9.09. The quantitative estimate of drug-likeness (QED) is 0.702. The third-order valence-corrected chi connectivity index (χ3v) is 9.09. The molecule has 1 aromatic rings. The maximum atomic E-state index is 12.0. The molecule has 2 N–H and O–H groups in total. The van der Waals surface area contributed by atoms with Gasteiger partial charge < -0.3 is 14.9 Å². The molecule has 3 saturated carbocycles. The summed E-state index contributed by atoms with van der Waals surface area (Å²) in [6.45, 7) is 8.42. The number of carbonyl (C=O) groups excluding carboxylic acids is 1. The summed E-state index contributed by atoms with van der Waals surface area (Å²) in [6, 6.07) is 9.45. The van der Waals surface area contributed by atoms with Crippen molar-refractivity contribution < 1.29 is 19.7 Å². The van der Waals surface area contributed by atoms with Crippen LogP contribution in [-0.2, 0) is 4.79 Å². The predicted molar refractivity (Wildman–Crippen MR) is 119 cm³/mol. The van der Waals surface area contributed by atoms with Crippen LogP contribution < -0.4 is 4.74 Å². The molecule has 0 radical (unpaired) electrons. The number of aliphatic hydroxyl groups excluding tert-OH is 1. The van der Waals surface area contributed by atoms with Gasteiger partial charge in [0.2, 0.25) is 0 Å². The predicted octanol–water partition coefficient (Wildman–Crippen LogP) is 4.59. The minimum absolute atomic E-state index is 0.0469. The second-order valence-electron chi connectivity index (χ2n) is 10.4. The highest BCUT2D eigenvalue weighted by atomic mass is 16.5. The molecule has 5 rings (SSSR count). The maximum absolute atomic E-state index is 12.0. The molecule has 7 atom stereocenters. The van der Waals surface area contributed by atoms with Crippen molar-refractivity contribution in [3.8, 4) is 5.75 Å². The van der Waals surface area contributed by atoms with Gasteiger partial charge in [0.05, 0.1) is 6.10 Å². The number of ketones is 1. The van der Waals surface area contributed by atoms with Gasteiger partial charge in [-0.25, -0.2) is 0 Å². The number of allylic oxidation sites excluding steroid dienone is 4. The van der Waals surface area contributed by atoms with Gasteiger partial charge in [0.25, 0.3) is 0 Å². The molecule has 4 heteroatoms. The first-order valence-electron chi connectivity index (χ1n) is 11.5. The third kappa shape index (κ3) is 2.84. The average Bonchev–Trinajstić information content (AvgIpc) is 3.00. The van der Waals surface area contributed by atoms with Gasteiger partial charge in [-0.05, 0) is 68.2 Å². The van der Waals surface area contributed by atoms with E-state index in [9.17, 15) is 15.0 Å². The fourth-order valence-electron chi connectivity index (χ4n) is 7.50. The van der Waals surface area contributed by atoms with E-state index in [0.717, 1.165) is 24.8 Å². The van der Waals surface area contributed by atoms with Gasteiger partial charge in [-0.15, -0.1) is 0 Å². The van der Waals surface area contributed by atoms with E-state index >= 15 is 0 Å². The van der Waals surface area contributed by atoms with E-state index in [1.807, 2.05) is 36.4 Å². The lowest BCUT2D eigenvalue weighted by molar-refractivity contribution is -0.158. The van der Waals surface area contributed by atoms with E-state index in [1.54, 1.807) is 12.2 Å². The van der Waals surface area contributed by atoms with Crippen LogP contribution in [0.3, 0.4) is 0 Å². The first kappa shape index (κ1) is 20.7. The summed E-state index contributed by atoms with van der Waals surface area (Å²) in [4.78, 5) is 12.0. The number of carbonyl (C=O) groups is 1. The Bertz CT molecular complexity index is 978. The molecule has 0 spiro atoms. The first-order valence-corrected chi connectivity index (χ1v) is 11.5. The van der Waals surface area contributed by atoms with Gasteiger partial charge in [0.1, 0.15) is 17.1 Å². The van der Waals surface area contributed by atoms with Crippen LogP contribution in [0.15, 0.2) is 66.5 Å². The van der Waals surface area contributed by atoms with Crippen LogP contribution in [0.2, 0.25) is 0 Å². The van der Waals surface area contributed by atoms with Crippen molar-refractivity contribution in [2.45, 2.75) is 57.7 Å². The summed E-state index contributed by atoms with van der Waals surface area (Å²) in [5.74, 6) is 1.70. The molecule has 164 valence electrons. The van der Waals surface area contributed by atoms with Crippen molar-refractivity contribution in [1.29, 1.82) is 0 Å². The number of benzene rings is 1. The number of aliphatic hydroxyl groups is 2. The van der Waals surface area contributed by atoms with Crippen molar-refractivity contribution in [3.63, 3.8) is 0 Å². The maximum Gasteiger partial charge on any atom is 0.178 e. The Kier molecular flexibility index (Phi) is 4.62. The highest BCUT2D eigenvalue weighted by molar-refractivity contribution is 6.01. The topological polar surface area (TPSA) is 66.8 Å². The first-order chi connectivity index (χ1) is 14.7. The smallest absolute Gasteiger partial charge is 0.178 e. The fourth-order valence-corrected chi connectivity index (χ4v) is 7.50. The highest BCUT2D eigenvalue weighted by Crippen LogP contribution is 2.68. The summed E-state index contributed by atoms with van der Waals surface area (Å²) in [5, 5.41) is 23.4. The molecule has 4 aliphatic carbocycles. The van der Waals surface area contributed by atoms with Crippen molar-refractivity contribution >= 4 is 5.78 Å². The Labute approximate surface area is 184 Å². The Morgan fingerprint density at radius 3 is 2.68 bits per heavy atom. The zero-order chi connectivity index (χ0) is 22.0. The molecule has 0 aliphatic heterocycles. The summed E-state index contributed by atoms with van der Waals surface area (Å²) >= 11 is 0. The largest absolute Gasteiger partial charge is 0.459 e. The molecule has 31 heavy (non-hydrogen) atoms. The number of ether oxygens (including phenoxy) is 1. The summed E-state index contributed by atoms with van der Waals surface area (Å²) in [5.41, 5.74) is -0.843. The minimum Gasteiger partial charge on any atom is -0.459 e. The van der Waals surface area contributed by atoms with Gasteiger partial charge >= 0.3 is 0 Å². The Morgan fingerprint density at radius 1 is 1.19 bits per heavy atom. The van der Waals surface area contributed by atoms with Crippen molar-refractivity contribution in [1.82, 2.24) is 0 Å². The number of para-hydroxylation sites is 1. The molecule has 4 nitrogen and oxygen atoms in total. The van der Waals surface area contributed by atoms with Gasteiger partial charge in [-0.2, -0.15) is 0 Å². The zero-order valence-electron chi connectivity index (χ0n) is 18.4. The van der Waals surface area contributed by atoms with Gasteiger partial charge in [0.15, 0.2) is 5.78 Å². The van der Waals surface area contributed by atoms with E-state index in [2.05, 4.69) is 20.4 Å². The standard InChI is InChI=1S/C27H32O4/c1-17(31-20-7-5-4-6-8-20)27(30)14-12-22-21-10-9-18-15-19(28)11-13-25(18,2)24(21)23(29)16-26(22,27)3/h4-8,11,13,15,21-24,29-30H,1,9-10,12,14,16H2,2-3H3/t21-,22-,23-,24+,25-,26-,27-/m0/s1. The Balaban J connectivity index is 1.47. The minimum atomic E-state index is -1.19. The fraction of sp³-hybridized carbons (Fsp3) is 0.519. The molecule has 0 amide bonds. The number of hydrogen-bond donors (Lipinski definition) is 2. The summed E-state index contributed by atoms with van der Waals surface area (Å²) in [6.07, 6.45) is 8.67. The Hall–Kier alpha value is -2.17. The van der Waals surface area contributed by atoms with Gasteiger partial charge in [0, 0.05) is 16.7 Å². The molecule has 3 fully saturated rings. The lowest BCUT2D eigenvalue weighted by Gasteiger charge is -2.59. The van der Waals surface area contributed by atoms with Crippen LogP contribution >= 0.6 is 0 Å². The second-order valence-corrected chi connectivity index (χ2v) is 10.4. The monoisotopic (exact) mass is 420 g/mol. The SMILES string of the molecule is C=C(Oc1ccccc1)[C@@]1(O)CC[C@H]2[C@@H]3CCC4=CC(=O)C=C[C@]4(C)[C@H]3[C@@H](O)C[C@@]21C. The van der Waals surface area contributed by atoms with Crippen LogP contribution in [-0.4, -0.2) is 27.7 Å². The van der Waals surface area contributed by atoms with Crippen molar-refractivity contribution in [3.05, 3.63) is 66.5 Å². The molecular weight excluding hydrogens is 388 g/mol. The van der Waals surface area contributed by atoms with Crippen molar-refractivity contribution in [2.75, 3.05) is 0 Å². The summed E-state index contributed by atoms with van der Waals surface area (Å²) in [7, 11) is 0. The van der Waals surface area contributed by atoms with Gasteiger partial charge in [-0.1, -0.05) is 50.3 Å². The molecule has 0 aromatic heterocycles. The Morgan fingerprint density at radius 2 is 1.94 bits per heavy atom. The number of rotatable bonds is 3. The normalized spacial score (nSPS) is 43.5.